The molecule has 1 aromatic carbocycles. The van der Waals surface area contributed by atoms with Crippen LogP contribution in [0.25, 0.3) is 0 Å². The van der Waals surface area contributed by atoms with Crippen LogP contribution in [0.2, 0.25) is 0 Å². The number of benzene rings is 1. The standard InChI is InChI=1S/C15H13F3N2O2/c16-11-3-5-13(22-15(17)18)10(7-11)8-20-14(21)6-4-12(19-20)9-1-2-9/h3-7,9,15H,1-2,8H2. The summed E-state index contributed by atoms with van der Waals surface area (Å²) in [4.78, 5) is 11.9. The molecule has 0 saturated heterocycles. The van der Waals surface area contributed by atoms with Crippen molar-refractivity contribution >= 4 is 0 Å². The highest BCUT2D eigenvalue weighted by atomic mass is 19.3. The van der Waals surface area contributed by atoms with E-state index in [2.05, 4.69) is 9.84 Å². The van der Waals surface area contributed by atoms with Gasteiger partial charge in [0.05, 0.1) is 12.2 Å². The number of halogens is 3. The molecule has 1 fully saturated rings. The molecule has 1 aliphatic carbocycles. The van der Waals surface area contributed by atoms with Crippen LogP contribution in [-0.2, 0) is 6.54 Å². The molecule has 2 aromatic rings. The van der Waals surface area contributed by atoms with Gasteiger partial charge < -0.3 is 4.74 Å². The molecule has 0 unspecified atom stereocenters. The molecule has 3 rings (SSSR count). The van der Waals surface area contributed by atoms with E-state index in [0.29, 0.717) is 5.92 Å². The second-order valence-corrected chi connectivity index (χ2v) is 5.16. The van der Waals surface area contributed by atoms with Crippen LogP contribution in [0.4, 0.5) is 13.2 Å². The Balaban J connectivity index is 1.93. The number of nitrogens with zero attached hydrogens (tertiary/aromatic N) is 2. The van der Waals surface area contributed by atoms with Crippen molar-refractivity contribution in [2.45, 2.75) is 31.9 Å². The zero-order chi connectivity index (χ0) is 15.7. The maximum absolute atomic E-state index is 13.4. The Morgan fingerprint density at radius 1 is 1.27 bits per heavy atom. The summed E-state index contributed by atoms with van der Waals surface area (Å²) in [6.45, 7) is -3.15. The first-order valence-electron chi connectivity index (χ1n) is 6.84. The average Bonchev–Trinajstić information content (AvgIpc) is 3.28. The van der Waals surface area contributed by atoms with Crippen molar-refractivity contribution in [1.29, 1.82) is 0 Å². The Labute approximate surface area is 124 Å². The summed E-state index contributed by atoms with van der Waals surface area (Å²) in [5.41, 5.74) is 0.548. The lowest BCUT2D eigenvalue weighted by molar-refractivity contribution is -0.0505. The van der Waals surface area contributed by atoms with E-state index >= 15 is 0 Å². The van der Waals surface area contributed by atoms with E-state index in [4.69, 9.17) is 0 Å². The summed E-state index contributed by atoms with van der Waals surface area (Å²) in [7, 11) is 0. The van der Waals surface area contributed by atoms with Gasteiger partial charge >= 0.3 is 6.61 Å². The Bertz CT molecular complexity index is 742. The number of hydrogen-bond acceptors (Lipinski definition) is 3. The van der Waals surface area contributed by atoms with Crippen molar-refractivity contribution in [1.82, 2.24) is 9.78 Å². The number of aromatic nitrogens is 2. The molecule has 0 spiro atoms. The first-order valence-corrected chi connectivity index (χ1v) is 6.84. The van der Waals surface area contributed by atoms with E-state index in [1.807, 2.05) is 0 Å². The van der Waals surface area contributed by atoms with Gasteiger partial charge in [-0.15, -0.1) is 0 Å². The Hall–Kier alpha value is -2.31. The highest BCUT2D eigenvalue weighted by Crippen LogP contribution is 2.38. The molecular formula is C15H13F3N2O2. The van der Waals surface area contributed by atoms with Crippen LogP contribution in [0.5, 0.6) is 5.75 Å². The van der Waals surface area contributed by atoms with Crippen molar-refractivity contribution in [3.63, 3.8) is 0 Å². The Morgan fingerprint density at radius 2 is 2.05 bits per heavy atom. The third-order valence-electron chi connectivity index (χ3n) is 3.44. The molecule has 0 atom stereocenters. The zero-order valence-electron chi connectivity index (χ0n) is 11.5. The second-order valence-electron chi connectivity index (χ2n) is 5.16. The predicted molar refractivity (Wildman–Crippen MR) is 72.6 cm³/mol. The highest BCUT2D eigenvalue weighted by Gasteiger charge is 2.25. The van der Waals surface area contributed by atoms with Gasteiger partial charge in [0.25, 0.3) is 5.56 Å². The molecule has 0 aliphatic heterocycles. The highest BCUT2D eigenvalue weighted by molar-refractivity contribution is 5.34. The fourth-order valence-corrected chi connectivity index (χ4v) is 2.22. The summed E-state index contributed by atoms with van der Waals surface area (Å²) in [5, 5.41) is 4.22. The fraction of sp³-hybridized carbons (Fsp3) is 0.333. The van der Waals surface area contributed by atoms with Gasteiger partial charge in [-0.3, -0.25) is 4.79 Å². The first-order chi connectivity index (χ1) is 10.5. The molecule has 1 saturated carbocycles. The molecule has 7 heteroatoms. The van der Waals surface area contributed by atoms with E-state index < -0.39 is 12.4 Å². The smallest absolute Gasteiger partial charge is 0.387 e. The van der Waals surface area contributed by atoms with Gasteiger partial charge in [0.2, 0.25) is 0 Å². The molecule has 116 valence electrons. The molecule has 1 aromatic heterocycles. The normalized spacial score (nSPS) is 14.4. The largest absolute Gasteiger partial charge is 0.434 e. The quantitative estimate of drug-likeness (QED) is 0.853. The van der Waals surface area contributed by atoms with Crippen molar-refractivity contribution in [3.05, 3.63) is 57.8 Å². The van der Waals surface area contributed by atoms with Gasteiger partial charge in [0.15, 0.2) is 0 Å². The van der Waals surface area contributed by atoms with Crippen molar-refractivity contribution in [2.24, 2.45) is 0 Å². The number of rotatable bonds is 5. The SMILES string of the molecule is O=c1ccc(C2CC2)nn1Cc1cc(F)ccc1OC(F)F. The molecule has 22 heavy (non-hydrogen) atoms. The summed E-state index contributed by atoms with van der Waals surface area (Å²) in [6.07, 6.45) is 2.04. The zero-order valence-corrected chi connectivity index (χ0v) is 11.5. The summed E-state index contributed by atoms with van der Waals surface area (Å²) in [6, 6.07) is 6.26. The van der Waals surface area contributed by atoms with E-state index in [1.54, 1.807) is 6.07 Å². The van der Waals surface area contributed by atoms with E-state index in [1.165, 1.54) is 6.07 Å². The van der Waals surface area contributed by atoms with Gasteiger partial charge in [-0.25, -0.2) is 9.07 Å². The van der Waals surface area contributed by atoms with Crippen molar-refractivity contribution < 1.29 is 17.9 Å². The first kappa shape index (κ1) is 14.6. The molecule has 4 nitrogen and oxygen atoms in total. The van der Waals surface area contributed by atoms with Crippen LogP contribution < -0.4 is 10.3 Å². The maximum Gasteiger partial charge on any atom is 0.387 e. The summed E-state index contributed by atoms with van der Waals surface area (Å²) < 4.78 is 43.6. The summed E-state index contributed by atoms with van der Waals surface area (Å²) >= 11 is 0. The minimum Gasteiger partial charge on any atom is -0.434 e. The van der Waals surface area contributed by atoms with E-state index in [0.717, 1.165) is 41.4 Å². The molecule has 0 radical (unpaired) electrons. The van der Waals surface area contributed by atoms with Gasteiger partial charge in [0, 0.05) is 17.5 Å². The van der Waals surface area contributed by atoms with Crippen molar-refractivity contribution in [3.8, 4) is 5.75 Å². The molecule has 0 bridgehead atoms. The predicted octanol–water partition coefficient (Wildman–Crippen LogP) is 2.91. The van der Waals surface area contributed by atoms with Crippen LogP contribution in [0, 0.1) is 5.82 Å². The van der Waals surface area contributed by atoms with Gasteiger partial charge in [-0.05, 0) is 37.1 Å². The van der Waals surface area contributed by atoms with Gasteiger partial charge in [-0.1, -0.05) is 0 Å². The fourth-order valence-electron chi connectivity index (χ4n) is 2.22. The topological polar surface area (TPSA) is 44.1 Å². The summed E-state index contributed by atoms with van der Waals surface area (Å²) in [5.74, 6) is -0.416. The van der Waals surface area contributed by atoms with Crippen LogP contribution in [0.3, 0.4) is 0 Å². The molecular weight excluding hydrogens is 297 g/mol. The van der Waals surface area contributed by atoms with Crippen molar-refractivity contribution in [2.75, 3.05) is 0 Å². The van der Waals surface area contributed by atoms with Crippen LogP contribution in [0.1, 0.15) is 30.0 Å². The molecule has 1 heterocycles. The molecule has 0 amide bonds. The molecule has 1 aliphatic rings. The Kier molecular flexibility index (Phi) is 3.87. The third-order valence-corrected chi connectivity index (χ3v) is 3.44. The minimum absolute atomic E-state index is 0.126. The number of alkyl halides is 2. The van der Waals surface area contributed by atoms with Gasteiger partial charge in [-0.2, -0.15) is 13.9 Å². The Morgan fingerprint density at radius 3 is 2.73 bits per heavy atom. The monoisotopic (exact) mass is 310 g/mol. The van der Waals surface area contributed by atoms with Crippen LogP contribution in [0.15, 0.2) is 35.1 Å². The maximum atomic E-state index is 13.4. The van der Waals surface area contributed by atoms with Crippen LogP contribution >= 0.6 is 0 Å². The number of ether oxygens (including phenoxy) is 1. The van der Waals surface area contributed by atoms with Crippen LogP contribution in [-0.4, -0.2) is 16.4 Å². The third kappa shape index (κ3) is 3.29. The lowest BCUT2D eigenvalue weighted by atomic mass is 10.2. The van der Waals surface area contributed by atoms with E-state index in [-0.39, 0.29) is 23.4 Å². The lowest BCUT2D eigenvalue weighted by Crippen LogP contribution is -2.24. The second kappa shape index (κ2) is 5.82. The minimum atomic E-state index is -3.02. The lowest BCUT2D eigenvalue weighted by Gasteiger charge is -2.12. The van der Waals surface area contributed by atoms with Gasteiger partial charge in [0.1, 0.15) is 11.6 Å². The van der Waals surface area contributed by atoms with E-state index in [9.17, 15) is 18.0 Å². The average molecular weight is 310 g/mol. The molecule has 0 N–H and O–H groups in total. The number of hydrogen-bond donors (Lipinski definition) is 0.